The summed E-state index contributed by atoms with van der Waals surface area (Å²) in [6, 6.07) is 7.92. The fraction of sp³-hybridized carbons (Fsp3) is 0.481. The molecule has 0 unspecified atom stereocenters. The third-order valence-corrected chi connectivity index (χ3v) is 5.86. The molecule has 182 valence electrons. The van der Waals surface area contributed by atoms with Crippen LogP contribution < -0.4 is 4.74 Å². The second kappa shape index (κ2) is 11.5. The van der Waals surface area contributed by atoms with Crippen LogP contribution in [-0.2, 0) is 6.54 Å². The van der Waals surface area contributed by atoms with Crippen LogP contribution in [0.1, 0.15) is 49.2 Å². The van der Waals surface area contributed by atoms with E-state index in [2.05, 4.69) is 21.7 Å². The average molecular weight is 468 g/mol. The minimum Gasteiger partial charge on any atom is -0.472 e. The van der Waals surface area contributed by atoms with Gasteiger partial charge in [0.05, 0.1) is 12.6 Å². The number of benzene rings is 1. The first-order valence-electron chi connectivity index (χ1n) is 11.7. The lowest BCUT2D eigenvalue weighted by Gasteiger charge is -2.37. The highest BCUT2D eigenvalue weighted by Crippen LogP contribution is 2.27. The fourth-order valence-electron chi connectivity index (χ4n) is 3.93. The predicted molar refractivity (Wildman–Crippen MR) is 130 cm³/mol. The Morgan fingerprint density at radius 2 is 2.09 bits per heavy atom. The maximum absolute atomic E-state index is 13.6. The standard InChI is InChI=1S/C27H34FN3O3/c1-18(2)9-10-21-12-24-26(29-13-21)34-25(19(3)14-31(27(24)33)20(4)17-32)16-30(5)15-22-7-6-8-23(28)11-22/h6-8,11-13,18-20,25,32H,14-17H2,1-5H3/t19-,20-,25+/m1/s1. The van der Waals surface area contributed by atoms with Crippen molar-refractivity contribution in [2.75, 3.05) is 26.7 Å². The highest BCUT2D eigenvalue weighted by Gasteiger charge is 2.34. The van der Waals surface area contributed by atoms with Crippen molar-refractivity contribution in [2.45, 2.75) is 46.4 Å². The molecule has 0 saturated heterocycles. The van der Waals surface area contributed by atoms with Gasteiger partial charge < -0.3 is 14.7 Å². The van der Waals surface area contributed by atoms with E-state index in [0.717, 1.165) is 5.56 Å². The average Bonchev–Trinajstić information content (AvgIpc) is 2.79. The molecule has 1 aromatic heterocycles. The maximum Gasteiger partial charge on any atom is 0.259 e. The molecule has 34 heavy (non-hydrogen) atoms. The van der Waals surface area contributed by atoms with Crippen molar-refractivity contribution in [3.8, 4) is 17.7 Å². The monoisotopic (exact) mass is 467 g/mol. The van der Waals surface area contributed by atoms with Crippen LogP contribution in [0.3, 0.4) is 0 Å². The van der Waals surface area contributed by atoms with Crippen LogP contribution in [0.25, 0.3) is 0 Å². The Hall–Kier alpha value is -2.95. The number of hydrogen-bond donors (Lipinski definition) is 1. The van der Waals surface area contributed by atoms with Crippen LogP contribution in [0.4, 0.5) is 4.39 Å². The quantitative estimate of drug-likeness (QED) is 0.658. The summed E-state index contributed by atoms with van der Waals surface area (Å²) in [6.45, 7) is 9.26. The number of aliphatic hydroxyl groups excluding tert-OH is 1. The molecule has 0 radical (unpaired) electrons. The highest BCUT2D eigenvalue weighted by atomic mass is 19.1. The Labute approximate surface area is 201 Å². The first-order chi connectivity index (χ1) is 16.2. The van der Waals surface area contributed by atoms with Gasteiger partial charge in [0.1, 0.15) is 17.5 Å². The number of aromatic nitrogens is 1. The number of ether oxygens (including phenoxy) is 1. The number of carbonyl (C=O) groups excluding carboxylic acids is 1. The Bertz CT molecular complexity index is 1060. The molecule has 3 atom stereocenters. The van der Waals surface area contributed by atoms with Crippen molar-refractivity contribution < 1.29 is 19.0 Å². The van der Waals surface area contributed by atoms with E-state index in [1.54, 1.807) is 23.2 Å². The van der Waals surface area contributed by atoms with E-state index >= 15 is 0 Å². The van der Waals surface area contributed by atoms with Gasteiger partial charge in [-0.3, -0.25) is 9.69 Å². The van der Waals surface area contributed by atoms with E-state index in [0.29, 0.717) is 30.8 Å². The van der Waals surface area contributed by atoms with Crippen LogP contribution >= 0.6 is 0 Å². The minimum absolute atomic E-state index is 0.0248. The largest absolute Gasteiger partial charge is 0.472 e. The van der Waals surface area contributed by atoms with Crippen molar-refractivity contribution in [3.63, 3.8) is 0 Å². The minimum atomic E-state index is -0.350. The number of likely N-dealkylation sites (N-methyl/N-ethyl adjacent to an activating group) is 1. The number of fused-ring (bicyclic) bond motifs is 1. The van der Waals surface area contributed by atoms with Crippen molar-refractivity contribution in [2.24, 2.45) is 11.8 Å². The molecule has 2 heterocycles. The molecule has 1 amide bonds. The van der Waals surface area contributed by atoms with Crippen molar-refractivity contribution >= 4 is 5.91 Å². The van der Waals surface area contributed by atoms with Crippen molar-refractivity contribution in [1.29, 1.82) is 0 Å². The van der Waals surface area contributed by atoms with Gasteiger partial charge in [-0.05, 0) is 37.7 Å². The number of carbonyl (C=O) groups is 1. The summed E-state index contributed by atoms with van der Waals surface area (Å²) in [5.74, 6) is 6.11. The number of nitrogens with zero attached hydrogens (tertiary/aromatic N) is 3. The van der Waals surface area contributed by atoms with E-state index in [-0.39, 0.29) is 48.2 Å². The second-order valence-electron chi connectivity index (χ2n) is 9.45. The Balaban J connectivity index is 1.90. The number of aliphatic hydroxyl groups is 1. The van der Waals surface area contributed by atoms with Gasteiger partial charge in [-0.1, -0.05) is 44.7 Å². The molecule has 0 saturated carbocycles. The molecule has 1 aliphatic rings. The predicted octanol–water partition coefficient (Wildman–Crippen LogP) is 3.58. The summed E-state index contributed by atoms with van der Waals surface area (Å²) < 4.78 is 19.9. The SMILES string of the molecule is CC(C)C#Cc1cnc2c(c1)C(=O)N([C@H](C)CO)C[C@@H](C)[C@H](CN(C)Cc1cccc(F)c1)O2. The normalized spacial score (nSPS) is 19.1. The first kappa shape index (κ1) is 25.7. The Morgan fingerprint density at radius 3 is 2.76 bits per heavy atom. The van der Waals surface area contributed by atoms with E-state index in [4.69, 9.17) is 4.74 Å². The molecule has 7 heteroatoms. The van der Waals surface area contributed by atoms with Gasteiger partial charge >= 0.3 is 0 Å². The number of amides is 1. The van der Waals surface area contributed by atoms with Crippen molar-refractivity contribution in [3.05, 3.63) is 59.0 Å². The third kappa shape index (κ3) is 6.55. The van der Waals surface area contributed by atoms with Crippen LogP contribution in [-0.4, -0.2) is 64.7 Å². The summed E-state index contributed by atoms with van der Waals surface area (Å²) in [5, 5.41) is 9.80. The molecule has 0 spiro atoms. The summed E-state index contributed by atoms with van der Waals surface area (Å²) in [4.78, 5) is 21.6. The fourth-order valence-corrected chi connectivity index (χ4v) is 3.93. The van der Waals surface area contributed by atoms with E-state index in [9.17, 15) is 14.3 Å². The molecule has 0 bridgehead atoms. The van der Waals surface area contributed by atoms with Gasteiger partial charge in [-0.2, -0.15) is 0 Å². The lowest BCUT2D eigenvalue weighted by molar-refractivity contribution is 0.0325. The van der Waals surface area contributed by atoms with Crippen LogP contribution in [0.5, 0.6) is 5.88 Å². The number of pyridine rings is 1. The van der Waals surface area contributed by atoms with E-state index in [1.165, 1.54) is 12.1 Å². The molecule has 3 rings (SSSR count). The first-order valence-corrected chi connectivity index (χ1v) is 11.7. The van der Waals surface area contributed by atoms with Crippen LogP contribution in [0.2, 0.25) is 0 Å². The zero-order valence-electron chi connectivity index (χ0n) is 20.6. The molecule has 0 aliphatic carbocycles. The van der Waals surface area contributed by atoms with Crippen LogP contribution in [0, 0.1) is 29.5 Å². The molecule has 6 nitrogen and oxygen atoms in total. The van der Waals surface area contributed by atoms with Gasteiger partial charge in [0.25, 0.3) is 5.91 Å². The molecular formula is C27H34FN3O3. The Kier molecular flexibility index (Phi) is 8.65. The third-order valence-electron chi connectivity index (χ3n) is 5.86. The number of hydrogen-bond acceptors (Lipinski definition) is 5. The number of rotatable bonds is 6. The van der Waals surface area contributed by atoms with Crippen molar-refractivity contribution in [1.82, 2.24) is 14.8 Å². The van der Waals surface area contributed by atoms with Gasteiger partial charge in [-0.25, -0.2) is 9.37 Å². The molecular weight excluding hydrogens is 433 g/mol. The lowest BCUT2D eigenvalue weighted by Crippen LogP contribution is -2.49. The van der Waals surface area contributed by atoms with Crippen LogP contribution in [0.15, 0.2) is 36.5 Å². The second-order valence-corrected chi connectivity index (χ2v) is 9.45. The summed E-state index contributed by atoms with van der Waals surface area (Å²) in [5.41, 5.74) is 1.87. The molecule has 2 aromatic rings. The lowest BCUT2D eigenvalue weighted by atomic mass is 9.99. The highest BCUT2D eigenvalue weighted by molar-refractivity contribution is 5.97. The van der Waals surface area contributed by atoms with Gasteiger partial charge in [0.15, 0.2) is 0 Å². The van der Waals surface area contributed by atoms with Gasteiger partial charge in [-0.15, -0.1) is 0 Å². The molecule has 1 aliphatic heterocycles. The zero-order chi connectivity index (χ0) is 24.8. The summed E-state index contributed by atoms with van der Waals surface area (Å²) in [6.07, 6.45) is 1.36. The zero-order valence-corrected chi connectivity index (χ0v) is 20.6. The van der Waals surface area contributed by atoms with E-state index < -0.39 is 0 Å². The Morgan fingerprint density at radius 1 is 1.32 bits per heavy atom. The number of halogens is 1. The summed E-state index contributed by atoms with van der Waals surface area (Å²) >= 11 is 0. The van der Waals surface area contributed by atoms with Gasteiger partial charge in [0, 0.05) is 43.2 Å². The molecule has 0 fully saturated rings. The molecule has 1 N–H and O–H groups in total. The van der Waals surface area contributed by atoms with E-state index in [1.807, 2.05) is 40.8 Å². The summed E-state index contributed by atoms with van der Waals surface area (Å²) in [7, 11) is 1.96. The topological polar surface area (TPSA) is 65.9 Å². The maximum atomic E-state index is 13.6. The van der Waals surface area contributed by atoms with Gasteiger partial charge in [0.2, 0.25) is 5.88 Å². The smallest absolute Gasteiger partial charge is 0.259 e. The molecule has 1 aromatic carbocycles.